The number of phenols is 1. The Morgan fingerprint density at radius 1 is 1.00 bits per heavy atom. The Hall–Kier alpha value is -4.17. The lowest BCUT2D eigenvalue weighted by Crippen LogP contribution is -2.29. The van der Waals surface area contributed by atoms with Crippen LogP contribution in [-0.4, -0.2) is 30.8 Å². The van der Waals surface area contributed by atoms with Gasteiger partial charge in [-0.3, -0.25) is 4.98 Å². The summed E-state index contributed by atoms with van der Waals surface area (Å²) >= 11 is 5.76. The monoisotopic (exact) mass is 484 g/mol. The normalized spacial score (nSPS) is 17.4. The number of anilines is 1. The van der Waals surface area contributed by atoms with Gasteiger partial charge in [-0.2, -0.15) is 0 Å². The van der Waals surface area contributed by atoms with Gasteiger partial charge in [-0.25, -0.2) is 4.79 Å². The van der Waals surface area contributed by atoms with Crippen LogP contribution >= 0.6 is 12.2 Å². The highest BCUT2D eigenvalue weighted by molar-refractivity contribution is 7.80. The summed E-state index contributed by atoms with van der Waals surface area (Å²) in [6.45, 7) is 3.93. The van der Waals surface area contributed by atoms with Gasteiger partial charge in [0, 0.05) is 17.6 Å². The number of aromatic carboxylic acids is 1. The number of hydrogen-bond donors (Lipinski definition) is 3. The number of benzene rings is 2. The van der Waals surface area contributed by atoms with Crippen LogP contribution in [0, 0.1) is 13.8 Å². The molecule has 1 aliphatic heterocycles. The molecule has 2 aromatic heterocycles. The molecule has 1 aliphatic rings. The van der Waals surface area contributed by atoms with E-state index in [9.17, 15) is 15.0 Å². The molecule has 7 nitrogen and oxygen atoms in total. The van der Waals surface area contributed by atoms with Gasteiger partial charge in [0.2, 0.25) is 0 Å². The average Bonchev–Trinajstić information content (AvgIpc) is 3.35. The summed E-state index contributed by atoms with van der Waals surface area (Å²) in [4.78, 5) is 18.4. The van der Waals surface area contributed by atoms with Crippen LogP contribution in [0.4, 0.5) is 5.69 Å². The van der Waals surface area contributed by atoms with Crippen molar-refractivity contribution < 1.29 is 15.0 Å². The third-order valence-electron chi connectivity index (χ3n) is 6.40. The highest BCUT2D eigenvalue weighted by atomic mass is 32.1. The number of aromatic nitrogens is 2. The van der Waals surface area contributed by atoms with Gasteiger partial charge in [-0.05, 0) is 74.1 Å². The lowest BCUT2D eigenvalue weighted by molar-refractivity contribution is 0.0697. The summed E-state index contributed by atoms with van der Waals surface area (Å²) < 4.78 is 1.96. The number of carbonyl (C=O) groups is 1. The number of aromatic hydroxyl groups is 1. The van der Waals surface area contributed by atoms with Crippen LogP contribution < -0.4 is 10.2 Å². The molecule has 2 atom stereocenters. The Morgan fingerprint density at radius 2 is 1.69 bits per heavy atom. The van der Waals surface area contributed by atoms with E-state index in [1.54, 1.807) is 30.5 Å². The molecule has 2 aromatic carbocycles. The predicted octanol–water partition coefficient (Wildman–Crippen LogP) is 5.07. The molecule has 176 valence electrons. The Morgan fingerprint density at radius 3 is 2.37 bits per heavy atom. The van der Waals surface area contributed by atoms with Crippen molar-refractivity contribution in [2.75, 3.05) is 4.90 Å². The SMILES string of the molecule is Cc1cc([C@H]2[C@H](c3ccccn3)NC(=S)N2c2ccccc2O)c(C)n1-c1ccccc1C(=O)O. The molecule has 35 heavy (non-hydrogen) atoms. The van der Waals surface area contributed by atoms with Crippen molar-refractivity contribution in [1.29, 1.82) is 0 Å². The minimum Gasteiger partial charge on any atom is -0.506 e. The van der Waals surface area contributed by atoms with E-state index >= 15 is 0 Å². The maximum Gasteiger partial charge on any atom is 0.337 e. The maximum absolute atomic E-state index is 12.0. The van der Waals surface area contributed by atoms with Gasteiger partial charge in [0.15, 0.2) is 5.11 Å². The van der Waals surface area contributed by atoms with E-state index in [0.717, 1.165) is 22.6 Å². The van der Waals surface area contributed by atoms with Gasteiger partial charge in [0.1, 0.15) is 5.75 Å². The third-order valence-corrected chi connectivity index (χ3v) is 6.72. The summed E-state index contributed by atoms with van der Waals surface area (Å²) in [6.07, 6.45) is 1.74. The molecule has 5 rings (SSSR count). The van der Waals surface area contributed by atoms with Crippen molar-refractivity contribution in [3.8, 4) is 11.4 Å². The molecule has 0 unspecified atom stereocenters. The van der Waals surface area contributed by atoms with E-state index in [1.807, 2.05) is 65.8 Å². The van der Waals surface area contributed by atoms with Crippen molar-refractivity contribution in [3.05, 3.63) is 107 Å². The minimum absolute atomic E-state index is 0.119. The number of nitrogens with zero attached hydrogens (tertiary/aromatic N) is 3. The molecule has 1 fully saturated rings. The average molecular weight is 485 g/mol. The highest BCUT2D eigenvalue weighted by Crippen LogP contribution is 2.45. The summed E-state index contributed by atoms with van der Waals surface area (Å²) in [5.74, 6) is -0.867. The zero-order valence-electron chi connectivity index (χ0n) is 19.2. The second-order valence-electron chi connectivity index (χ2n) is 8.47. The predicted molar refractivity (Wildman–Crippen MR) is 138 cm³/mol. The first-order chi connectivity index (χ1) is 16.9. The third kappa shape index (κ3) is 3.81. The lowest BCUT2D eigenvalue weighted by Gasteiger charge is -2.28. The van der Waals surface area contributed by atoms with E-state index in [2.05, 4.69) is 16.4 Å². The molecule has 3 N–H and O–H groups in total. The number of hydrogen-bond acceptors (Lipinski definition) is 4. The summed E-state index contributed by atoms with van der Waals surface area (Å²) in [5.41, 5.74) is 4.94. The fourth-order valence-electron chi connectivity index (χ4n) is 4.91. The van der Waals surface area contributed by atoms with Crippen LogP contribution in [0.3, 0.4) is 0 Å². The second kappa shape index (κ2) is 8.88. The lowest BCUT2D eigenvalue weighted by atomic mass is 9.96. The van der Waals surface area contributed by atoms with Crippen LogP contribution in [0.2, 0.25) is 0 Å². The first-order valence-corrected chi connectivity index (χ1v) is 11.6. The Balaban J connectivity index is 1.72. The maximum atomic E-state index is 12.0. The van der Waals surface area contributed by atoms with Gasteiger partial charge >= 0.3 is 5.97 Å². The van der Waals surface area contributed by atoms with Crippen LogP contribution in [-0.2, 0) is 0 Å². The topological polar surface area (TPSA) is 90.6 Å². The number of rotatable bonds is 5. The Labute approximate surface area is 208 Å². The molecule has 0 saturated carbocycles. The van der Waals surface area contributed by atoms with Crippen molar-refractivity contribution >= 4 is 29.0 Å². The molecule has 8 heteroatoms. The number of para-hydroxylation sites is 3. The molecular formula is C27H24N4O3S. The largest absolute Gasteiger partial charge is 0.506 e. The van der Waals surface area contributed by atoms with E-state index < -0.39 is 5.97 Å². The number of thiocarbonyl (C=S) groups is 1. The molecule has 0 aliphatic carbocycles. The first-order valence-electron chi connectivity index (χ1n) is 11.2. The zero-order valence-corrected chi connectivity index (χ0v) is 20.0. The number of carboxylic acids is 1. The number of pyridine rings is 1. The highest BCUT2D eigenvalue weighted by Gasteiger charge is 2.43. The number of nitrogens with one attached hydrogen (secondary N) is 1. The molecule has 3 heterocycles. The van der Waals surface area contributed by atoms with Gasteiger partial charge in [-0.15, -0.1) is 0 Å². The summed E-state index contributed by atoms with van der Waals surface area (Å²) in [6, 6.07) is 21.2. The smallest absolute Gasteiger partial charge is 0.337 e. The van der Waals surface area contributed by atoms with E-state index in [1.165, 1.54) is 0 Å². The van der Waals surface area contributed by atoms with Gasteiger partial charge in [0.25, 0.3) is 0 Å². The van der Waals surface area contributed by atoms with Crippen LogP contribution in [0.1, 0.15) is 45.1 Å². The number of carboxylic acid groups (broad SMARTS) is 1. The molecule has 0 amide bonds. The van der Waals surface area contributed by atoms with Gasteiger partial charge in [-0.1, -0.05) is 30.3 Å². The van der Waals surface area contributed by atoms with E-state index in [-0.39, 0.29) is 23.4 Å². The van der Waals surface area contributed by atoms with Gasteiger partial charge < -0.3 is 25.0 Å². The molecular weight excluding hydrogens is 460 g/mol. The first kappa shape index (κ1) is 22.6. The minimum atomic E-state index is -0.986. The molecule has 0 bridgehead atoms. The summed E-state index contributed by atoms with van der Waals surface area (Å²) in [7, 11) is 0. The summed E-state index contributed by atoms with van der Waals surface area (Å²) in [5, 5.41) is 24.4. The standard InChI is InChI=1S/C27H24N4O3S/c1-16-15-19(17(2)30(16)21-11-4-3-9-18(21)26(33)34)25-24(20-10-7-8-14-28-20)29-27(35)31(25)22-12-5-6-13-23(22)32/h3-15,24-25,32H,1-2H3,(H,29,35)(H,33,34)/t24-,25-/m0/s1. The van der Waals surface area contributed by atoms with Crippen molar-refractivity contribution in [2.24, 2.45) is 0 Å². The zero-order chi connectivity index (χ0) is 24.7. The quantitative estimate of drug-likeness (QED) is 0.341. The molecule has 0 radical (unpaired) electrons. The molecule has 0 spiro atoms. The second-order valence-corrected chi connectivity index (χ2v) is 8.86. The van der Waals surface area contributed by atoms with Crippen molar-refractivity contribution in [2.45, 2.75) is 25.9 Å². The van der Waals surface area contributed by atoms with Crippen LogP contribution in [0.25, 0.3) is 5.69 Å². The fraction of sp³-hybridized carbons (Fsp3) is 0.148. The van der Waals surface area contributed by atoms with Crippen molar-refractivity contribution in [1.82, 2.24) is 14.9 Å². The van der Waals surface area contributed by atoms with Crippen LogP contribution in [0.15, 0.2) is 79.0 Å². The van der Waals surface area contributed by atoms with Crippen LogP contribution in [0.5, 0.6) is 5.75 Å². The molecule has 4 aromatic rings. The Kier molecular flexibility index (Phi) is 5.74. The Bertz CT molecular complexity index is 1430. The number of aryl methyl sites for hydroxylation is 1. The fourth-order valence-corrected chi connectivity index (χ4v) is 5.24. The van der Waals surface area contributed by atoms with E-state index in [0.29, 0.717) is 16.5 Å². The molecule has 1 saturated heterocycles. The van der Waals surface area contributed by atoms with Gasteiger partial charge in [0.05, 0.1) is 34.7 Å². The van der Waals surface area contributed by atoms with Crippen molar-refractivity contribution in [3.63, 3.8) is 0 Å². The van der Waals surface area contributed by atoms with E-state index in [4.69, 9.17) is 12.2 Å². The number of phenolic OH excluding ortho intramolecular Hbond substituents is 1.